The molecular formula is C15H11N3O3. The highest BCUT2D eigenvalue weighted by molar-refractivity contribution is 5.99. The fourth-order valence-corrected chi connectivity index (χ4v) is 2.08. The van der Waals surface area contributed by atoms with Crippen molar-refractivity contribution in [2.75, 3.05) is 13.2 Å². The Labute approximate surface area is 121 Å². The molecule has 0 saturated heterocycles. The van der Waals surface area contributed by atoms with E-state index in [9.17, 15) is 10.1 Å². The number of nitriles is 1. The zero-order valence-corrected chi connectivity index (χ0v) is 11.0. The minimum atomic E-state index is -0.969. The smallest absolute Gasteiger partial charge is 0.221 e. The van der Waals surface area contributed by atoms with Gasteiger partial charge in [-0.15, -0.1) is 0 Å². The quantitative estimate of drug-likeness (QED) is 0.796. The van der Waals surface area contributed by atoms with Crippen LogP contribution in [0, 0.1) is 11.3 Å². The molecule has 104 valence electrons. The number of ether oxygens (including phenoxy) is 2. The molecule has 0 fully saturated rings. The predicted molar refractivity (Wildman–Crippen MR) is 72.1 cm³/mol. The van der Waals surface area contributed by atoms with Crippen LogP contribution in [-0.4, -0.2) is 29.0 Å². The molecule has 21 heavy (non-hydrogen) atoms. The molecule has 1 aromatic carbocycles. The summed E-state index contributed by atoms with van der Waals surface area (Å²) in [4.78, 5) is 20.1. The molecule has 0 radical (unpaired) electrons. The van der Waals surface area contributed by atoms with E-state index in [-0.39, 0.29) is 5.82 Å². The molecule has 0 aliphatic carbocycles. The Hall–Kier alpha value is -2.94. The number of Topliss-reactive ketones (excluding diaryl/α,β-unsaturated/α-hetero) is 1. The number of aromatic nitrogens is 2. The summed E-state index contributed by atoms with van der Waals surface area (Å²) in [6.45, 7) is 0.939. The fourth-order valence-electron chi connectivity index (χ4n) is 2.08. The highest BCUT2D eigenvalue weighted by Crippen LogP contribution is 2.33. The number of carbonyl (C=O) groups excluding carboxylic acids is 1. The Kier molecular flexibility index (Phi) is 3.48. The van der Waals surface area contributed by atoms with E-state index in [1.165, 1.54) is 12.4 Å². The molecule has 0 bridgehead atoms. The fraction of sp³-hybridized carbons (Fsp3) is 0.200. The number of carbonyl (C=O) groups is 1. The van der Waals surface area contributed by atoms with Crippen molar-refractivity contribution >= 4 is 5.78 Å². The summed E-state index contributed by atoms with van der Waals surface area (Å²) in [6, 6.07) is 8.65. The van der Waals surface area contributed by atoms with E-state index < -0.39 is 11.7 Å². The van der Waals surface area contributed by atoms with Crippen molar-refractivity contribution in [3.8, 4) is 17.6 Å². The Morgan fingerprint density at radius 1 is 1.19 bits per heavy atom. The molecule has 3 rings (SSSR count). The lowest BCUT2D eigenvalue weighted by molar-refractivity contribution is 0.0968. The molecule has 0 N–H and O–H groups in total. The number of ketones is 1. The molecule has 6 nitrogen and oxygen atoms in total. The third-order valence-electron chi connectivity index (χ3n) is 3.08. The van der Waals surface area contributed by atoms with Crippen LogP contribution in [-0.2, 0) is 0 Å². The summed E-state index contributed by atoms with van der Waals surface area (Å²) in [5.74, 6) is -0.220. The summed E-state index contributed by atoms with van der Waals surface area (Å²) >= 11 is 0. The summed E-state index contributed by atoms with van der Waals surface area (Å²) in [5, 5.41) is 9.32. The first kappa shape index (κ1) is 13.1. The maximum atomic E-state index is 12.3. The summed E-state index contributed by atoms with van der Waals surface area (Å²) < 4.78 is 10.9. The monoisotopic (exact) mass is 281 g/mol. The van der Waals surface area contributed by atoms with Crippen LogP contribution in [0.1, 0.15) is 22.1 Å². The minimum absolute atomic E-state index is 0.0268. The van der Waals surface area contributed by atoms with Crippen LogP contribution in [0.25, 0.3) is 0 Å². The maximum absolute atomic E-state index is 12.3. The number of rotatable bonds is 3. The summed E-state index contributed by atoms with van der Waals surface area (Å²) in [7, 11) is 0. The Morgan fingerprint density at radius 2 is 1.90 bits per heavy atom. The highest BCUT2D eigenvalue weighted by Gasteiger charge is 2.25. The normalized spacial score (nSPS) is 14.0. The second kappa shape index (κ2) is 5.59. The molecule has 6 heteroatoms. The van der Waals surface area contributed by atoms with Crippen LogP contribution < -0.4 is 9.47 Å². The van der Waals surface area contributed by atoms with Gasteiger partial charge in [-0.3, -0.25) is 4.79 Å². The van der Waals surface area contributed by atoms with Crippen LogP contribution in [0.4, 0.5) is 0 Å². The van der Waals surface area contributed by atoms with Gasteiger partial charge in [0.15, 0.2) is 17.3 Å². The molecular weight excluding hydrogens is 270 g/mol. The first-order valence-corrected chi connectivity index (χ1v) is 6.40. The van der Waals surface area contributed by atoms with Crippen LogP contribution in [0.5, 0.6) is 11.5 Å². The van der Waals surface area contributed by atoms with Gasteiger partial charge in [-0.2, -0.15) is 5.26 Å². The molecule has 1 aromatic heterocycles. The topological polar surface area (TPSA) is 85.1 Å². The third kappa shape index (κ3) is 2.54. The van der Waals surface area contributed by atoms with E-state index in [1.54, 1.807) is 24.3 Å². The van der Waals surface area contributed by atoms with Gasteiger partial charge < -0.3 is 9.47 Å². The third-order valence-corrected chi connectivity index (χ3v) is 3.08. The van der Waals surface area contributed by atoms with Crippen molar-refractivity contribution < 1.29 is 14.3 Å². The molecule has 1 atom stereocenters. The number of benzene rings is 1. The lowest BCUT2D eigenvalue weighted by Crippen LogP contribution is -2.17. The number of fused-ring (bicyclic) bond motifs is 1. The van der Waals surface area contributed by atoms with Gasteiger partial charge in [-0.1, -0.05) is 6.07 Å². The molecule has 0 saturated carbocycles. The van der Waals surface area contributed by atoms with Crippen LogP contribution in [0.2, 0.25) is 0 Å². The van der Waals surface area contributed by atoms with Crippen LogP contribution in [0.3, 0.4) is 0 Å². The van der Waals surface area contributed by atoms with Gasteiger partial charge in [0.2, 0.25) is 5.78 Å². The van der Waals surface area contributed by atoms with Crippen LogP contribution in [0.15, 0.2) is 36.7 Å². The van der Waals surface area contributed by atoms with E-state index in [1.807, 2.05) is 6.07 Å². The zero-order valence-electron chi connectivity index (χ0n) is 11.0. The average Bonchev–Trinajstić information content (AvgIpc) is 2.56. The molecule has 0 amide bonds. The van der Waals surface area contributed by atoms with Crippen LogP contribution >= 0.6 is 0 Å². The second-order valence-corrected chi connectivity index (χ2v) is 4.40. The standard InChI is InChI=1S/C15H11N3O3/c16-9-11(14(19)15-17-4-1-5-18-15)10-2-3-12-13(8-10)21-7-6-20-12/h1-5,8,11H,6-7H2. The van der Waals surface area contributed by atoms with Gasteiger partial charge >= 0.3 is 0 Å². The zero-order chi connectivity index (χ0) is 14.7. The highest BCUT2D eigenvalue weighted by atomic mass is 16.6. The van der Waals surface area contributed by atoms with Crippen molar-refractivity contribution in [2.45, 2.75) is 5.92 Å². The summed E-state index contributed by atoms with van der Waals surface area (Å²) in [6.07, 6.45) is 2.94. The first-order valence-electron chi connectivity index (χ1n) is 6.40. The number of hydrogen-bond acceptors (Lipinski definition) is 6. The largest absolute Gasteiger partial charge is 0.486 e. The Morgan fingerprint density at radius 3 is 2.62 bits per heavy atom. The summed E-state index contributed by atoms with van der Waals surface area (Å²) in [5.41, 5.74) is 0.541. The molecule has 2 aromatic rings. The lowest BCUT2D eigenvalue weighted by atomic mass is 9.95. The average molecular weight is 281 g/mol. The van der Waals surface area contributed by atoms with E-state index in [4.69, 9.17) is 9.47 Å². The Bertz CT molecular complexity index is 710. The van der Waals surface area contributed by atoms with E-state index in [2.05, 4.69) is 9.97 Å². The SMILES string of the molecule is N#CC(C(=O)c1ncccn1)c1ccc2c(c1)OCCO2. The van der Waals surface area contributed by atoms with E-state index >= 15 is 0 Å². The predicted octanol–water partition coefficient (Wildman–Crippen LogP) is 1.74. The molecule has 1 aliphatic heterocycles. The van der Waals surface area contributed by atoms with Gasteiger partial charge in [0.1, 0.15) is 19.1 Å². The van der Waals surface area contributed by atoms with Crippen molar-refractivity contribution in [1.29, 1.82) is 5.26 Å². The molecule has 1 unspecified atom stereocenters. The minimum Gasteiger partial charge on any atom is -0.486 e. The second-order valence-electron chi connectivity index (χ2n) is 4.40. The van der Waals surface area contributed by atoms with E-state index in [0.717, 1.165) is 0 Å². The van der Waals surface area contributed by atoms with Gasteiger partial charge in [0, 0.05) is 12.4 Å². The Balaban J connectivity index is 1.94. The number of nitrogens with zero attached hydrogens (tertiary/aromatic N) is 3. The van der Waals surface area contributed by atoms with Gasteiger partial charge in [0.05, 0.1) is 6.07 Å². The van der Waals surface area contributed by atoms with Crippen molar-refractivity contribution in [1.82, 2.24) is 9.97 Å². The van der Waals surface area contributed by atoms with Gasteiger partial charge in [0.25, 0.3) is 0 Å². The maximum Gasteiger partial charge on any atom is 0.221 e. The van der Waals surface area contributed by atoms with Crippen molar-refractivity contribution in [3.05, 3.63) is 48.0 Å². The van der Waals surface area contributed by atoms with Gasteiger partial charge in [-0.05, 0) is 23.8 Å². The van der Waals surface area contributed by atoms with Gasteiger partial charge in [-0.25, -0.2) is 9.97 Å². The van der Waals surface area contributed by atoms with E-state index in [0.29, 0.717) is 30.3 Å². The molecule has 2 heterocycles. The number of hydrogen-bond donors (Lipinski definition) is 0. The van der Waals surface area contributed by atoms with Crippen molar-refractivity contribution in [2.24, 2.45) is 0 Å². The molecule has 1 aliphatic rings. The van der Waals surface area contributed by atoms with Crippen molar-refractivity contribution in [3.63, 3.8) is 0 Å². The lowest BCUT2D eigenvalue weighted by Gasteiger charge is -2.19. The first-order chi connectivity index (χ1) is 10.3. The molecule has 0 spiro atoms.